The number of anilines is 1. The van der Waals surface area contributed by atoms with Crippen LogP contribution in [0.4, 0.5) is 5.69 Å². The second kappa shape index (κ2) is 6.60. The van der Waals surface area contributed by atoms with Gasteiger partial charge in [0.05, 0.1) is 25.0 Å². The zero-order chi connectivity index (χ0) is 17.3. The number of hydrogen-bond donors (Lipinski definition) is 1. The van der Waals surface area contributed by atoms with Crippen LogP contribution < -0.4 is 4.90 Å². The Hall–Kier alpha value is -2.41. The van der Waals surface area contributed by atoms with Crippen molar-refractivity contribution in [2.75, 3.05) is 31.6 Å². The van der Waals surface area contributed by atoms with E-state index in [-0.39, 0.29) is 31.2 Å². The molecular formula is C17H20N2O5. The summed E-state index contributed by atoms with van der Waals surface area (Å²) in [6, 6.07) is 7.40. The smallest absolute Gasteiger partial charge is 0.306 e. The summed E-state index contributed by atoms with van der Waals surface area (Å²) in [5.41, 5.74) is 1.59. The van der Waals surface area contributed by atoms with Gasteiger partial charge in [-0.15, -0.1) is 0 Å². The summed E-state index contributed by atoms with van der Waals surface area (Å²) >= 11 is 0. The largest absolute Gasteiger partial charge is 0.481 e. The lowest BCUT2D eigenvalue weighted by Crippen LogP contribution is -2.49. The molecule has 2 amide bonds. The molecule has 0 radical (unpaired) electrons. The van der Waals surface area contributed by atoms with Crippen molar-refractivity contribution in [3.05, 3.63) is 29.8 Å². The number of hydrogen-bond acceptors (Lipinski definition) is 4. The van der Waals surface area contributed by atoms with Gasteiger partial charge in [-0.3, -0.25) is 14.4 Å². The SMILES string of the molecule is CN1C(=O)C[C@@H](C(=O)N2CCO[C@H](CC(=O)O)C2)c2ccccc21. The molecule has 1 saturated heterocycles. The number of ether oxygens (including phenoxy) is 1. The highest BCUT2D eigenvalue weighted by molar-refractivity contribution is 6.02. The van der Waals surface area contributed by atoms with Crippen molar-refractivity contribution in [3.63, 3.8) is 0 Å². The lowest BCUT2D eigenvalue weighted by Gasteiger charge is -2.37. The molecule has 2 aliphatic rings. The Labute approximate surface area is 139 Å². The van der Waals surface area contributed by atoms with Gasteiger partial charge in [0, 0.05) is 32.2 Å². The lowest BCUT2D eigenvalue weighted by atomic mass is 9.88. The second-order valence-corrected chi connectivity index (χ2v) is 6.14. The van der Waals surface area contributed by atoms with Gasteiger partial charge in [0.2, 0.25) is 11.8 Å². The van der Waals surface area contributed by atoms with E-state index in [1.165, 1.54) is 0 Å². The van der Waals surface area contributed by atoms with Gasteiger partial charge >= 0.3 is 5.97 Å². The molecule has 1 aromatic carbocycles. The molecule has 2 atom stereocenters. The van der Waals surface area contributed by atoms with E-state index >= 15 is 0 Å². The summed E-state index contributed by atoms with van der Waals surface area (Å²) < 4.78 is 5.41. The highest BCUT2D eigenvalue weighted by Crippen LogP contribution is 2.36. The quantitative estimate of drug-likeness (QED) is 0.886. The van der Waals surface area contributed by atoms with E-state index in [2.05, 4.69) is 0 Å². The Morgan fingerprint density at radius 2 is 2.08 bits per heavy atom. The highest BCUT2D eigenvalue weighted by Gasteiger charge is 2.37. The molecule has 7 heteroatoms. The zero-order valence-corrected chi connectivity index (χ0v) is 13.5. The summed E-state index contributed by atoms with van der Waals surface area (Å²) in [7, 11) is 1.71. The molecule has 0 saturated carbocycles. The van der Waals surface area contributed by atoms with Gasteiger partial charge in [0.15, 0.2) is 0 Å². The van der Waals surface area contributed by atoms with Gasteiger partial charge in [-0.2, -0.15) is 0 Å². The van der Waals surface area contributed by atoms with Gasteiger partial charge in [0.25, 0.3) is 0 Å². The number of carboxylic acid groups (broad SMARTS) is 1. The first kappa shape index (κ1) is 16.4. The Kier molecular flexibility index (Phi) is 4.53. The third-order valence-electron chi connectivity index (χ3n) is 4.58. The molecule has 24 heavy (non-hydrogen) atoms. The highest BCUT2D eigenvalue weighted by atomic mass is 16.5. The predicted molar refractivity (Wildman–Crippen MR) is 85.8 cm³/mol. The van der Waals surface area contributed by atoms with Gasteiger partial charge < -0.3 is 19.6 Å². The molecule has 0 aliphatic carbocycles. The van der Waals surface area contributed by atoms with Crippen LogP contribution in [-0.4, -0.2) is 60.6 Å². The number of carbonyl (C=O) groups is 3. The number of carbonyl (C=O) groups excluding carboxylic acids is 2. The van der Waals surface area contributed by atoms with Crippen LogP contribution in [0.3, 0.4) is 0 Å². The molecule has 1 aromatic rings. The molecule has 0 bridgehead atoms. The van der Waals surface area contributed by atoms with Gasteiger partial charge in [-0.1, -0.05) is 18.2 Å². The molecule has 0 unspecified atom stereocenters. The van der Waals surface area contributed by atoms with Crippen molar-refractivity contribution in [3.8, 4) is 0 Å². The first-order valence-electron chi connectivity index (χ1n) is 7.95. The van der Waals surface area contributed by atoms with Crippen LogP contribution in [0.15, 0.2) is 24.3 Å². The Balaban J connectivity index is 1.81. The fourth-order valence-electron chi connectivity index (χ4n) is 3.32. The molecule has 2 aliphatic heterocycles. The van der Waals surface area contributed by atoms with Crippen LogP contribution >= 0.6 is 0 Å². The molecule has 0 spiro atoms. The minimum atomic E-state index is -0.950. The van der Waals surface area contributed by atoms with Crippen molar-refractivity contribution in [2.45, 2.75) is 24.9 Å². The van der Waals surface area contributed by atoms with E-state index in [1.54, 1.807) is 16.8 Å². The summed E-state index contributed by atoms with van der Waals surface area (Å²) in [5.74, 6) is -1.70. The summed E-state index contributed by atoms with van der Waals surface area (Å²) in [6.07, 6.45) is -0.502. The molecule has 0 aromatic heterocycles. The average molecular weight is 332 g/mol. The topological polar surface area (TPSA) is 87.2 Å². The molecule has 1 fully saturated rings. The fourth-order valence-corrected chi connectivity index (χ4v) is 3.32. The number of amides is 2. The van der Waals surface area contributed by atoms with Crippen LogP contribution in [-0.2, 0) is 19.1 Å². The monoisotopic (exact) mass is 332 g/mol. The molecule has 3 rings (SSSR count). The molecular weight excluding hydrogens is 312 g/mol. The minimum absolute atomic E-state index is 0.0950. The zero-order valence-electron chi connectivity index (χ0n) is 13.5. The van der Waals surface area contributed by atoms with Crippen molar-refractivity contribution in [1.29, 1.82) is 0 Å². The molecule has 2 heterocycles. The number of fused-ring (bicyclic) bond motifs is 1. The number of carboxylic acids is 1. The van der Waals surface area contributed by atoms with Crippen molar-refractivity contribution < 1.29 is 24.2 Å². The van der Waals surface area contributed by atoms with Crippen LogP contribution in [0, 0.1) is 0 Å². The molecule has 128 valence electrons. The van der Waals surface area contributed by atoms with E-state index in [4.69, 9.17) is 9.84 Å². The van der Waals surface area contributed by atoms with Gasteiger partial charge in [0.1, 0.15) is 0 Å². The second-order valence-electron chi connectivity index (χ2n) is 6.14. The summed E-state index contributed by atoms with van der Waals surface area (Å²) in [5, 5.41) is 8.90. The first-order chi connectivity index (χ1) is 11.5. The van der Waals surface area contributed by atoms with Crippen molar-refractivity contribution in [1.82, 2.24) is 4.90 Å². The number of aliphatic carboxylic acids is 1. The van der Waals surface area contributed by atoms with E-state index in [0.717, 1.165) is 11.3 Å². The lowest BCUT2D eigenvalue weighted by molar-refractivity contribution is -0.148. The van der Waals surface area contributed by atoms with Gasteiger partial charge in [-0.05, 0) is 11.6 Å². The Morgan fingerprint density at radius 1 is 1.33 bits per heavy atom. The van der Waals surface area contributed by atoms with E-state index in [1.807, 2.05) is 24.3 Å². The van der Waals surface area contributed by atoms with Crippen molar-refractivity contribution in [2.24, 2.45) is 0 Å². The van der Waals surface area contributed by atoms with Crippen LogP contribution in [0.5, 0.6) is 0 Å². The van der Waals surface area contributed by atoms with E-state index < -0.39 is 18.0 Å². The van der Waals surface area contributed by atoms with Crippen molar-refractivity contribution >= 4 is 23.5 Å². The summed E-state index contributed by atoms with van der Waals surface area (Å²) in [6.45, 7) is 0.970. The maximum Gasteiger partial charge on any atom is 0.306 e. The molecule has 1 N–H and O–H groups in total. The normalized spacial score (nSPS) is 23.8. The van der Waals surface area contributed by atoms with Gasteiger partial charge in [-0.25, -0.2) is 0 Å². The van der Waals surface area contributed by atoms with Crippen LogP contribution in [0.1, 0.15) is 24.3 Å². The number of para-hydroxylation sites is 1. The third-order valence-corrected chi connectivity index (χ3v) is 4.58. The number of rotatable bonds is 3. The van der Waals surface area contributed by atoms with E-state index in [9.17, 15) is 14.4 Å². The summed E-state index contributed by atoms with van der Waals surface area (Å²) in [4.78, 5) is 39.2. The Bertz CT molecular complexity index is 675. The number of morpholine rings is 1. The Morgan fingerprint density at radius 3 is 2.83 bits per heavy atom. The third kappa shape index (κ3) is 3.12. The first-order valence-corrected chi connectivity index (χ1v) is 7.95. The van der Waals surface area contributed by atoms with Crippen LogP contribution in [0.2, 0.25) is 0 Å². The number of nitrogens with zero attached hydrogens (tertiary/aromatic N) is 2. The minimum Gasteiger partial charge on any atom is -0.481 e. The molecule has 7 nitrogen and oxygen atoms in total. The van der Waals surface area contributed by atoms with E-state index in [0.29, 0.717) is 13.2 Å². The maximum absolute atomic E-state index is 13.0. The average Bonchev–Trinajstić information content (AvgIpc) is 2.57. The predicted octanol–water partition coefficient (Wildman–Crippen LogP) is 0.839. The fraction of sp³-hybridized carbons (Fsp3) is 0.471. The standard InChI is InChI=1S/C17H20N2O5/c1-18-14-5-3-2-4-12(14)13(9-15(18)20)17(23)19-6-7-24-11(10-19)8-16(21)22/h2-5,11,13H,6-10H2,1H3,(H,21,22)/t11-,13-/m1/s1. The number of benzene rings is 1. The maximum atomic E-state index is 13.0. The van der Waals surface area contributed by atoms with Crippen LogP contribution in [0.25, 0.3) is 0 Å².